The third-order valence-corrected chi connectivity index (χ3v) is 7.34. The zero-order chi connectivity index (χ0) is 19.7. The molecule has 1 aromatic heterocycles. The third-order valence-electron chi connectivity index (χ3n) is 7.34. The summed E-state index contributed by atoms with van der Waals surface area (Å²) in [5.41, 5.74) is 2.34. The smallest absolute Gasteiger partial charge is 0.223 e. The standard InChI is InChI=1S/C22H36N4O2/c1-15-20(14-24-25(15)2)22-18(12-21(27)26(22)9-10-28-3)13-23-19-6-4-5-17(11-19)16-7-8-16/h14,16-19,22-23H,4-13H2,1-3H3/t17-,18-,19-,22+/m0/s1. The van der Waals surface area contributed by atoms with Crippen molar-refractivity contribution < 1.29 is 9.53 Å². The molecule has 1 N–H and O–H groups in total. The maximum absolute atomic E-state index is 12.8. The first-order chi connectivity index (χ1) is 13.6. The van der Waals surface area contributed by atoms with Crippen LogP contribution in [0.5, 0.6) is 0 Å². The van der Waals surface area contributed by atoms with Crippen LogP contribution in [0, 0.1) is 24.7 Å². The lowest BCUT2D eigenvalue weighted by atomic mass is 9.82. The highest BCUT2D eigenvalue weighted by Gasteiger charge is 2.42. The van der Waals surface area contributed by atoms with Crippen LogP contribution in [0.15, 0.2) is 6.20 Å². The van der Waals surface area contributed by atoms with Crippen LogP contribution >= 0.6 is 0 Å². The Bertz CT molecular complexity index is 684. The van der Waals surface area contributed by atoms with Crippen LogP contribution in [0.1, 0.15) is 62.2 Å². The molecule has 156 valence electrons. The molecule has 3 aliphatic rings. The molecule has 1 aliphatic heterocycles. The summed E-state index contributed by atoms with van der Waals surface area (Å²) < 4.78 is 7.19. The lowest BCUT2D eigenvalue weighted by Gasteiger charge is -2.32. The maximum atomic E-state index is 12.8. The van der Waals surface area contributed by atoms with E-state index in [0.29, 0.717) is 31.5 Å². The molecule has 0 bridgehead atoms. The van der Waals surface area contributed by atoms with E-state index in [-0.39, 0.29) is 11.9 Å². The topological polar surface area (TPSA) is 59.4 Å². The van der Waals surface area contributed by atoms with Gasteiger partial charge in [-0.2, -0.15) is 5.10 Å². The molecule has 1 saturated heterocycles. The van der Waals surface area contributed by atoms with Crippen molar-refractivity contribution in [1.29, 1.82) is 0 Å². The van der Waals surface area contributed by atoms with Gasteiger partial charge in [0.25, 0.3) is 0 Å². The fourth-order valence-electron chi connectivity index (χ4n) is 5.45. The minimum Gasteiger partial charge on any atom is -0.383 e. The second-order valence-electron chi connectivity index (χ2n) is 9.17. The molecule has 6 nitrogen and oxygen atoms in total. The number of likely N-dealkylation sites (tertiary alicyclic amines) is 1. The number of nitrogens with one attached hydrogen (secondary N) is 1. The Balaban J connectivity index is 1.44. The Morgan fingerprint density at radius 2 is 2.07 bits per heavy atom. The van der Waals surface area contributed by atoms with Crippen LogP contribution in [-0.4, -0.2) is 53.4 Å². The van der Waals surface area contributed by atoms with Gasteiger partial charge in [-0.1, -0.05) is 12.8 Å². The van der Waals surface area contributed by atoms with Gasteiger partial charge in [0.15, 0.2) is 0 Å². The van der Waals surface area contributed by atoms with Gasteiger partial charge in [0.2, 0.25) is 5.91 Å². The molecule has 1 amide bonds. The van der Waals surface area contributed by atoms with Gasteiger partial charge in [-0.15, -0.1) is 0 Å². The Morgan fingerprint density at radius 3 is 2.75 bits per heavy atom. The predicted octanol–water partition coefficient (Wildman–Crippen LogP) is 2.82. The van der Waals surface area contributed by atoms with E-state index in [9.17, 15) is 4.79 Å². The number of hydrogen-bond donors (Lipinski definition) is 1. The molecular weight excluding hydrogens is 352 g/mol. The molecule has 1 aromatic rings. The fraction of sp³-hybridized carbons (Fsp3) is 0.818. The van der Waals surface area contributed by atoms with Gasteiger partial charge in [0.05, 0.1) is 18.8 Å². The number of ether oxygens (including phenoxy) is 1. The molecule has 3 fully saturated rings. The molecule has 28 heavy (non-hydrogen) atoms. The van der Waals surface area contributed by atoms with Gasteiger partial charge in [0, 0.05) is 56.9 Å². The van der Waals surface area contributed by atoms with Crippen LogP contribution in [-0.2, 0) is 16.6 Å². The average molecular weight is 389 g/mol. The largest absolute Gasteiger partial charge is 0.383 e. The number of methoxy groups -OCH3 is 1. The summed E-state index contributed by atoms with van der Waals surface area (Å²) in [7, 11) is 3.67. The van der Waals surface area contributed by atoms with Crippen molar-refractivity contribution in [3.05, 3.63) is 17.5 Å². The van der Waals surface area contributed by atoms with Gasteiger partial charge in [-0.05, 0) is 44.4 Å². The minimum absolute atomic E-state index is 0.103. The van der Waals surface area contributed by atoms with E-state index in [4.69, 9.17) is 4.74 Å². The number of aryl methyl sites for hydroxylation is 1. The molecule has 0 radical (unpaired) electrons. The number of amides is 1. The van der Waals surface area contributed by atoms with Crippen LogP contribution in [0.3, 0.4) is 0 Å². The SMILES string of the molecule is COCCN1C(=O)C[C@@H](CN[C@H]2CCC[C@H](C3CC3)C2)[C@@H]1c1cnn(C)c1C. The van der Waals surface area contributed by atoms with E-state index in [0.717, 1.165) is 24.1 Å². The fourth-order valence-corrected chi connectivity index (χ4v) is 5.45. The van der Waals surface area contributed by atoms with Crippen LogP contribution < -0.4 is 5.32 Å². The van der Waals surface area contributed by atoms with Crippen molar-refractivity contribution in [2.75, 3.05) is 26.8 Å². The molecular formula is C22H36N4O2. The second kappa shape index (κ2) is 8.54. The predicted molar refractivity (Wildman–Crippen MR) is 109 cm³/mol. The van der Waals surface area contributed by atoms with Gasteiger partial charge in [0.1, 0.15) is 0 Å². The van der Waals surface area contributed by atoms with Crippen molar-refractivity contribution in [2.45, 2.75) is 64.0 Å². The number of carbonyl (C=O) groups excluding carboxylic acids is 1. The van der Waals surface area contributed by atoms with Gasteiger partial charge in [-0.3, -0.25) is 9.48 Å². The van der Waals surface area contributed by atoms with Crippen molar-refractivity contribution >= 4 is 5.91 Å². The first-order valence-electron chi connectivity index (χ1n) is 11.1. The van der Waals surface area contributed by atoms with Gasteiger partial charge in [-0.25, -0.2) is 0 Å². The maximum Gasteiger partial charge on any atom is 0.223 e. The molecule has 2 aliphatic carbocycles. The van der Waals surface area contributed by atoms with E-state index in [1.807, 2.05) is 22.8 Å². The summed E-state index contributed by atoms with van der Waals surface area (Å²) in [5.74, 6) is 2.49. The van der Waals surface area contributed by atoms with Crippen LogP contribution in [0.2, 0.25) is 0 Å². The zero-order valence-corrected chi connectivity index (χ0v) is 17.7. The first kappa shape index (κ1) is 19.9. The van der Waals surface area contributed by atoms with E-state index in [1.165, 1.54) is 44.1 Å². The average Bonchev–Trinajstić information content (AvgIpc) is 3.44. The highest BCUT2D eigenvalue weighted by Crippen LogP contribution is 2.44. The van der Waals surface area contributed by atoms with Crippen molar-refractivity contribution in [1.82, 2.24) is 20.0 Å². The molecule has 4 atom stereocenters. The Hall–Kier alpha value is -1.40. The number of carbonyl (C=O) groups is 1. The third kappa shape index (κ3) is 4.13. The van der Waals surface area contributed by atoms with Crippen molar-refractivity contribution in [2.24, 2.45) is 24.8 Å². The lowest BCUT2D eigenvalue weighted by molar-refractivity contribution is -0.129. The molecule has 4 rings (SSSR count). The summed E-state index contributed by atoms with van der Waals surface area (Å²) in [6.45, 7) is 4.24. The van der Waals surface area contributed by atoms with Crippen molar-refractivity contribution in [3.63, 3.8) is 0 Å². The van der Waals surface area contributed by atoms with Crippen LogP contribution in [0.25, 0.3) is 0 Å². The van der Waals surface area contributed by atoms with Gasteiger partial charge >= 0.3 is 0 Å². The van der Waals surface area contributed by atoms with Gasteiger partial charge < -0.3 is 15.0 Å². The molecule has 0 aromatic carbocycles. The van der Waals surface area contributed by atoms with Crippen LogP contribution in [0.4, 0.5) is 0 Å². The Labute approximate surface area is 169 Å². The highest BCUT2D eigenvalue weighted by atomic mass is 16.5. The van der Waals surface area contributed by atoms with E-state index in [2.05, 4.69) is 17.3 Å². The monoisotopic (exact) mass is 388 g/mol. The van der Waals surface area contributed by atoms with E-state index in [1.54, 1.807) is 7.11 Å². The number of aromatic nitrogens is 2. The number of nitrogens with zero attached hydrogens (tertiary/aromatic N) is 3. The Morgan fingerprint density at radius 1 is 1.25 bits per heavy atom. The molecule has 2 saturated carbocycles. The summed E-state index contributed by atoms with van der Waals surface area (Å²) in [4.78, 5) is 14.8. The number of hydrogen-bond acceptors (Lipinski definition) is 4. The zero-order valence-electron chi connectivity index (χ0n) is 17.7. The van der Waals surface area contributed by atoms with E-state index >= 15 is 0 Å². The lowest BCUT2D eigenvalue weighted by Crippen LogP contribution is -2.39. The normalized spacial score (nSPS) is 31.0. The quantitative estimate of drug-likeness (QED) is 0.744. The summed E-state index contributed by atoms with van der Waals surface area (Å²) in [5, 5.41) is 8.31. The Kier molecular flexibility index (Phi) is 6.07. The van der Waals surface area contributed by atoms with E-state index < -0.39 is 0 Å². The number of rotatable bonds is 8. The molecule has 0 spiro atoms. The minimum atomic E-state index is 0.103. The molecule has 0 unspecified atom stereocenters. The molecule has 2 heterocycles. The second-order valence-corrected chi connectivity index (χ2v) is 9.17. The highest BCUT2D eigenvalue weighted by molar-refractivity contribution is 5.79. The summed E-state index contributed by atoms with van der Waals surface area (Å²) in [6.07, 6.45) is 10.9. The molecule has 6 heteroatoms. The summed E-state index contributed by atoms with van der Waals surface area (Å²) in [6, 6.07) is 0.727. The van der Waals surface area contributed by atoms with Crippen molar-refractivity contribution in [3.8, 4) is 0 Å². The summed E-state index contributed by atoms with van der Waals surface area (Å²) >= 11 is 0. The first-order valence-corrected chi connectivity index (χ1v) is 11.1.